The van der Waals surface area contributed by atoms with Gasteiger partial charge in [0, 0.05) is 18.8 Å². The van der Waals surface area contributed by atoms with Crippen LogP contribution in [0.1, 0.15) is 11.8 Å². The maximum atomic E-state index is 13.8. The van der Waals surface area contributed by atoms with Gasteiger partial charge in [-0.05, 0) is 40.6 Å². The molecule has 1 aliphatic heterocycles. The molecular formula is C17H17F2IN2O6. The standard InChI is InChI=1S/C17H17F2IN2O6/c18-9-2-1-8(10(19)5-9)3-4-21-15(26)11(20)6-22(17(21)27)16-14(25)13(24)12(7-23)28-16/h1-2,5-6,12-14,16,23-25H,3-4,7H2/t12-,13+,14?,16-/m1/s1. The number of hydrogen-bond donors (Lipinski definition) is 3. The fraction of sp³-hybridized carbons (Fsp3) is 0.412. The lowest BCUT2D eigenvalue weighted by Crippen LogP contribution is -2.44. The molecule has 0 saturated carbocycles. The number of nitrogens with zero attached hydrogens (tertiary/aromatic N) is 2. The second-order valence-corrected chi connectivity index (χ2v) is 7.50. The van der Waals surface area contributed by atoms with Crippen molar-refractivity contribution in [2.24, 2.45) is 0 Å². The average Bonchev–Trinajstić information content (AvgIpc) is 2.94. The number of ether oxygens (including phenoxy) is 1. The van der Waals surface area contributed by atoms with Crippen molar-refractivity contribution < 1.29 is 28.8 Å². The van der Waals surface area contributed by atoms with Gasteiger partial charge in [0.25, 0.3) is 5.56 Å². The highest BCUT2D eigenvalue weighted by Gasteiger charge is 2.44. The van der Waals surface area contributed by atoms with Gasteiger partial charge >= 0.3 is 5.69 Å². The van der Waals surface area contributed by atoms with Gasteiger partial charge in [0.2, 0.25) is 0 Å². The van der Waals surface area contributed by atoms with Crippen LogP contribution in [0.4, 0.5) is 8.78 Å². The summed E-state index contributed by atoms with van der Waals surface area (Å²) >= 11 is 1.71. The van der Waals surface area contributed by atoms with Gasteiger partial charge < -0.3 is 20.1 Å². The molecule has 2 heterocycles. The zero-order valence-electron chi connectivity index (χ0n) is 14.3. The molecule has 11 heteroatoms. The van der Waals surface area contributed by atoms with Gasteiger partial charge in [-0.2, -0.15) is 0 Å². The number of hydrogen-bond acceptors (Lipinski definition) is 6. The molecule has 3 rings (SSSR count). The molecule has 1 aromatic carbocycles. The minimum atomic E-state index is -1.49. The van der Waals surface area contributed by atoms with Crippen LogP contribution in [0.5, 0.6) is 0 Å². The Hall–Kier alpha value is -1.67. The summed E-state index contributed by atoms with van der Waals surface area (Å²) in [7, 11) is 0. The first kappa shape index (κ1) is 21.0. The van der Waals surface area contributed by atoms with E-state index in [-0.39, 0.29) is 22.1 Å². The molecule has 3 N–H and O–H groups in total. The highest BCUT2D eigenvalue weighted by atomic mass is 127. The Kier molecular flexibility index (Phi) is 6.29. The fourth-order valence-electron chi connectivity index (χ4n) is 3.03. The van der Waals surface area contributed by atoms with Gasteiger partial charge in [-0.15, -0.1) is 0 Å². The quantitative estimate of drug-likeness (QED) is 0.479. The molecule has 0 aliphatic carbocycles. The molecule has 0 amide bonds. The first-order valence-electron chi connectivity index (χ1n) is 8.32. The van der Waals surface area contributed by atoms with Gasteiger partial charge in [0.05, 0.1) is 10.2 Å². The Morgan fingerprint density at radius 1 is 1.18 bits per heavy atom. The van der Waals surface area contributed by atoms with Crippen molar-refractivity contribution in [1.82, 2.24) is 9.13 Å². The van der Waals surface area contributed by atoms with Crippen LogP contribution in [0, 0.1) is 15.2 Å². The van der Waals surface area contributed by atoms with Gasteiger partial charge in [0.1, 0.15) is 29.9 Å². The van der Waals surface area contributed by atoms with E-state index in [1.807, 2.05) is 0 Å². The summed E-state index contributed by atoms with van der Waals surface area (Å²) in [5.41, 5.74) is -1.31. The van der Waals surface area contributed by atoms with Crippen molar-refractivity contribution >= 4 is 22.6 Å². The molecule has 8 nitrogen and oxygen atoms in total. The van der Waals surface area contributed by atoms with E-state index in [2.05, 4.69) is 0 Å². The van der Waals surface area contributed by atoms with E-state index in [0.717, 1.165) is 15.2 Å². The van der Waals surface area contributed by atoms with Gasteiger partial charge in [-0.1, -0.05) is 6.07 Å². The zero-order chi connectivity index (χ0) is 20.6. The van der Waals surface area contributed by atoms with Crippen LogP contribution >= 0.6 is 22.6 Å². The van der Waals surface area contributed by atoms with E-state index in [1.165, 1.54) is 12.3 Å². The second-order valence-electron chi connectivity index (χ2n) is 6.34. The third kappa shape index (κ3) is 3.89. The third-order valence-electron chi connectivity index (χ3n) is 4.56. The monoisotopic (exact) mass is 510 g/mol. The molecule has 4 atom stereocenters. The SMILES string of the molecule is O=c1c(I)cn([C@@H]2O[C@H](CO)[C@H](O)C2O)c(=O)n1CCc1ccc(F)cc1F. The molecule has 152 valence electrons. The summed E-state index contributed by atoms with van der Waals surface area (Å²) < 4.78 is 34.1. The first-order chi connectivity index (χ1) is 13.2. The fourth-order valence-corrected chi connectivity index (χ4v) is 3.62. The number of halogens is 3. The van der Waals surface area contributed by atoms with E-state index < -0.39 is 54.0 Å². The van der Waals surface area contributed by atoms with E-state index >= 15 is 0 Å². The lowest BCUT2D eigenvalue weighted by molar-refractivity contribution is -0.0557. The number of rotatable bonds is 5. The lowest BCUT2D eigenvalue weighted by atomic mass is 10.1. The van der Waals surface area contributed by atoms with Crippen molar-refractivity contribution in [2.75, 3.05) is 6.61 Å². The molecule has 2 aromatic rings. The Morgan fingerprint density at radius 3 is 2.50 bits per heavy atom. The highest BCUT2D eigenvalue weighted by Crippen LogP contribution is 2.28. The minimum Gasteiger partial charge on any atom is -0.394 e. The topological polar surface area (TPSA) is 114 Å². The van der Waals surface area contributed by atoms with E-state index in [1.54, 1.807) is 22.6 Å². The minimum absolute atomic E-state index is 0.0443. The molecule has 28 heavy (non-hydrogen) atoms. The molecule has 1 fully saturated rings. The molecule has 1 saturated heterocycles. The average molecular weight is 510 g/mol. The number of aliphatic hydroxyl groups excluding tert-OH is 3. The smallest absolute Gasteiger partial charge is 0.333 e. The third-order valence-corrected chi connectivity index (χ3v) is 5.30. The largest absolute Gasteiger partial charge is 0.394 e. The van der Waals surface area contributed by atoms with Crippen LogP contribution in [-0.2, 0) is 17.7 Å². The van der Waals surface area contributed by atoms with Gasteiger partial charge in [0.15, 0.2) is 6.23 Å². The van der Waals surface area contributed by atoms with Crippen LogP contribution < -0.4 is 11.2 Å². The van der Waals surface area contributed by atoms with Gasteiger partial charge in [-0.3, -0.25) is 13.9 Å². The van der Waals surface area contributed by atoms with Crippen LogP contribution in [0.25, 0.3) is 0 Å². The summed E-state index contributed by atoms with van der Waals surface area (Å²) in [5, 5.41) is 29.2. The zero-order valence-corrected chi connectivity index (χ0v) is 16.5. The van der Waals surface area contributed by atoms with Crippen LogP contribution in [0.3, 0.4) is 0 Å². The van der Waals surface area contributed by atoms with Crippen LogP contribution in [0.2, 0.25) is 0 Å². The van der Waals surface area contributed by atoms with Crippen molar-refractivity contribution in [3.05, 3.63) is 66.0 Å². The Labute approximate surface area is 170 Å². The second kappa shape index (κ2) is 8.37. The summed E-state index contributed by atoms with van der Waals surface area (Å²) in [5.74, 6) is -1.53. The number of aromatic nitrogens is 2. The Morgan fingerprint density at radius 2 is 1.89 bits per heavy atom. The summed E-state index contributed by atoms with van der Waals surface area (Å²) in [6, 6.07) is 3.02. The van der Waals surface area contributed by atoms with Crippen molar-refractivity contribution in [2.45, 2.75) is 37.5 Å². The predicted molar refractivity (Wildman–Crippen MR) is 101 cm³/mol. The van der Waals surface area contributed by atoms with Crippen molar-refractivity contribution in [1.29, 1.82) is 0 Å². The van der Waals surface area contributed by atoms with Crippen molar-refractivity contribution in [3.8, 4) is 0 Å². The number of benzene rings is 1. The number of aryl methyl sites for hydroxylation is 1. The Bertz CT molecular complexity index is 995. The van der Waals surface area contributed by atoms with Crippen molar-refractivity contribution in [3.63, 3.8) is 0 Å². The molecule has 0 spiro atoms. The lowest BCUT2D eigenvalue weighted by Gasteiger charge is -2.19. The van der Waals surface area contributed by atoms with Gasteiger partial charge in [-0.25, -0.2) is 13.6 Å². The Balaban J connectivity index is 1.94. The molecule has 0 bridgehead atoms. The summed E-state index contributed by atoms with van der Waals surface area (Å²) in [6.07, 6.45) is -4.15. The summed E-state index contributed by atoms with van der Waals surface area (Å²) in [4.78, 5) is 25.1. The molecular weight excluding hydrogens is 493 g/mol. The maximum absolute atomic E-state index is 13.8. The highest BCUT2D eigenvalue weighted by molar-refractivity contribution is 14.1. The molecule has 0 radical (unpaired) electrons. The maximum Gasteiger partial charge on any atom is 0.333 e. The first-order valence-corrected chi connectivity index (χ1v) is 9.40. The molecule has 1 aromatic heterocycles. The number of aliphatic hydroxyl groups is 3. The van der Waals surface area contributed by atoms with E-state index in [9.17, 15) is 33.7 Å². The van der Waals surface area contributed by atoms with E-state index in [4.69, 9.17) is 4.74 Å². The normalized spacial score (nSPS) is 24.6. The van der Waals surface area contributed by atoms with E-state index in [0.29, 0.717) is 6.07 Å². The summed E-state index contributed by atoms with van der Waals surface area (Å²) in [6.45, 7) is -0.754. The van der Waals surface area contributed by atoms with Crippen LogP contribution in [-0.4, -0.2) is 49.4 Å². The molecule has 1 aliphatic rings. The van der Waals surface area contributed by atoms with Crippen LogP contribution in [0.15, 0.2) is 34.0 Å². The predicted octanol–water partition coefficient (Wildman–Crippen LogP) is -0.253. The molecule has 1 unspecified atom stereocenters.